The van der Waals surface area contributed by atoms with E-state index in [1.165, 1.54) is 11.3 Å². The van der Waals surface area contributed by atoms with Gasteiger partial charge >= 0.3 is 0 Å². The molecule has 1 amide bonds. The number of hydrogen-bond donors (Lipinski definition) is 0. The minimum absolute atomic E-state index is 0.136. The van der Waals surface area contributed by atoms with E-state index in [-0.39, 0.29) is 5.91 Å². The number of aryl methyl sites for hydroxylation is 1. The lowest BCUT2D eigenvalue weighted by molar-refractivity contribution is 0.0791. The minimum atomic E-state index is 0.136. The van der Waals surface area contributed by atoms with Crippen LogP contribution in [0.5, 0.6) is 0 Å². The lowest BCUT2D eigenvalue weighted by Gasteiger charge is -2.15. The van der Waals surface area contributed by atoms with Gasteiger partial charge in [-0.2, -0.15) is 0 Å². The van der Waals surface area contributed by atoms with E-state index < -0.39 is 0 Å². The number of thiazole rings is 1. The second kappa shape index (κ2) is 5.15. The van der Waals surface area contributed by atoms with E-state index in [2.05, 4.69) is 4.98 Å². The number of amides is 1. The predicted molar refractivity (Wildman–Crippen MR) is 66.2 cm³/mol. The number of nitrogens with zero attached hydrogens (tertiary/aromatic N) is 2. The Labute approximate surface area is 104 Å². The molecule has 1 aromatic heterocycles. The van der Waals surface area contributed by atoms with Crippen LogP contribution in [0.15, 0.2) is 5.51 Å². The third kappa shape index (κ3) is 2.38. The van der Waals surface area contributed by atoms with Crippen LogP contribution in [0.1, 0.15) is 28.2 Å². The quantitative estimate of drug-likeness (QED) is 0.781. The molecule has 0 aliphatic carbocycles. The monoisotopic (exact) mass is 258 g/mol. The molecule has 88 valence electrons. The Balaban J connectivity index is 2.00. The van der Waals surface area contributed by atoms with Crippen LogP contribution in [0.2, 0.25) is 0 Å². The van der Waals surface area contributed by atoms with E-state index in [9.17, 15) is 4.79 Å². The van der Waals surface area contributed by atoms with Gasteiger partial charge in [-0.15, -0.1) is 22.9 Å². The largest absolute Gasteiger partial charge is 0.338 e. The van der Waals surface area contributed by atoms with Crippen molar-refractivity contribution in [2.45, 2.75) is 19.8 Å². The van der Waals surface area contributed by atoms with E-state index >= 15 is 0 Å². The van der Waals surface area contributed by atoms with Crippen LogP contribution in [0.25, 0.3) is 0 Å². The molecule has 0 radical (unpaired) electrons. The molecule has 16 heavy (non-hydrogen) atoms. The van der Waals surface area contributed by atoms with Gasteiger partial charge in [-0.3, -0.25) is 4.79 Å². The third-order valence-corrected chi connectivity index (χ3v) is 4.16. The number of likely N-dealkylation sites (tertiary alicyclic amines) is 1. The number of carbonyl (C=O) groups excluding carboxylic acids is 1. The molecular formula is C11H15ClN2OS. The first-order chi connectivity index (χ1) is 7.72. The first kappa shape index (κ1) is 11.9. The highest BCUT2D eigenvalue weighted by atomic mass is 35.5. The van der Waals surface area contributed by atoms with E-state index in [1.807, 2.05) is 11.8 Å². The normalized spacial score (nSPS) is 20.4. The number of aromatic nitrogens is 1. The summed E-state index contributed by atoms with van der Waals surface area (Å²) >= 11 is 7.15. The van der Waals surface area contributed by atoms with Crippen molar-refractivity contribution < 1.29 is 4.79 Å². The SMILES string of the molecule is Cc1ncsc1C(=O)N1CCC(CCCl)C1. The molecule has 2 rings (SSSR count). The maximum atomic E-state index is 12.1. The van der Waals surface area contributed by atoms with Gasteiger partial charge in [0.05, 0.1) is 11.2 Å². The summed E-state index contributed by atoms with van der Waals surface area (Å²) in [7, 11) is 0. The molecule has 0 spiro atoms. The fourth-order valence-corrected chi connectivity index (χ4v) is 3.14. The second-order valence-electron chi connectivity index (χ2n) is 4.15. The van der Waals surface area contributed by atoms with Gasteiger partial charge in [0.15, 0.2) is 0 Å². The van der Waals surface area contributed by atoms with Crippen molar-refractivity contribution in [3.8, 4) is 0 Å². The maximum absolute atomic E-state index is 12.1. The fourth-order valence-electron chi connectivity index (χ4n) is 2.06. The summed E-state index contributed by atoms with van der Waals surface area (Å²) < 4.78 is 0. The standard InChI is InChI=1S/C11H15ClN2OS/c1-8-10(16-7-13-8)11(15)14-5-3-9(6-14)2-4-12/h7,9H,2-6H2,1H3. The lowest BCUT2D eigenvalue weighted by atomic mass is 10.1. The van der Waals surface area contributed by atoms with Crippen LogP contribution >= 0.6 is 22.9 Å². The highest BCUT2D eigenvalue weighted by Crippen LogP contribution is 2.23. The zero-order valence-electron chi connectivity index (χ0n) is 9.28. The van der Waals surface area contributed by atoms with Crippen LogP contribution in [0.4, 0.5) is 0 Å². The molecular weight excluding hydrogens is 244 g/mol. The van der Waals surface area contributed by atoms with Gasteiger partial charge in [0.1, 0.15) is 4.88 Å². The summed E-state index contributed by atoms with van der Waals surface area (Å²) in [6.07, 6.45) is 2.09. The fraction of sp³-hybridized carbons (Fsp3) is 0.636. The average molecular weight is 259 g/mol. The minimum Gasteiger partial charge on any atom is -0.338 e. The van der Waals surface area contributed by atoms with E-state index in [0.717, 1.165) is 36.5 Å². The Morgan fingerprint density at radius 3 is 3.19 bits per heavy atom. The summed E-state index contributed by atoms with van der Waals surface area (Å²) in [5.74, 6) is 1.40. The zero-order chi connectivity index (χ0) is 11.5. The first-order valence-electron chi connectivity index (χ1n) is 5.47. The van der Waals surface area contributed by atoms with Crippen LogP contribution in [-0.2, 0) is 0 Å². The molecule has 1 aliphatic heterocycles. The van der Waals surface area contributed by atoms with Gasteiger partial charge in [-0.1, -0.05) is 0 Å². The van der Waals surface area contributed by atoms with Crippen molar-refractivity contribution in [3.05, 3.63) is 16.1 Å². The maximum Gasteiger partial charge on any atom is 0.265 e. The molecule has 1 aliphatic rings. The van der Waals surface area contributed by atoms with Crippen molar-refractivity contribution in [2.75, 3.05) is 19.0 Å². The predicted octanol–water partition coefficient (Wildman–Crippen LogP) is 2.54. The summed E-state index contributed by atoms with van der Waals surface area (Å²) in [6, 6.07) is 0. The molecule has 1 aromatic rings. The van der Waals surface area contributed by atoms with Crippen LogP contribution in [-0.4, -0.2) is 34.8 Å². The van der Waals surface area contributed by atoms with E-state index in [1.54, 1.807) is 5.51 Å². The molecule has 2 heterocycles. The number of alkyl halides is 1. The van der Waals surface area contributed by atoms with Crippen molar-refractivity contribution >= 4 is 28.8 Å². The molecule has 1 unspecified atom stereocenters. The molecule has 0 bridgehead atoms. The molecule has 5 heteroatoms. The average Bonchev–Trinajstić information content (AvgIpc) is 2.87. The summed E-state index contributed by atoms with van der Waals surface area (Å²) in [5.41, 5.74) is 2.57. The van der Waals surface area contributed by atoms with Gasteiger partial charge in [0.2, 0.25) is 0 Å². The van der Waals surface area contributed by atoms with Crippen molar-refractivity contribution in [2.24, 2.45) is 5.92 Å². The van der Waals surface area contributed by atoms with Crippen molar-refractivity contribution in [3.63, 3.8) is 0 Å². The molecule has 1 saturated heterocycles. The Morgan fingerprint density at radius 2 is 2.56 bits per heavy atom. The first-order valence-corrected chi connectivity index (χ1v) is 6.89. The van der Waals surface area contributed by atoms with Crippen molar-refractivity contribution in [1.82, 2.24) is 9.88 Å². The molecule has 0 aromatic carbocycles. The highest BCUT2D eigenvalue weighted by Gasteiger charge is 2.27. The Hall–Kier alpha value is -0.610. The lowest BCUT2D eigenvalue weighted by Crippen LogP contribution is -2.28. The Bertz CT molecular complexity index is 380. The summed E-state index contributed by atoms with van der Waals surface area (Å²) in [5, 5.41) is 0. The number of hydrogen-bond acceptors (Lipinski definition) is 3. The zero-order valence-corrected chi connectivity index (χ0v) is 10.9. The smallest absolute Gasteiger partial charge is 0.265 e. The van der Waals surface area contributed by atoms with Gasteiger partial charge in [-0.25, -0.2) is 4.98 Å². The highest BCUT2D eigenvalue weighted by molar-refractivity contribution is 7.11. The van der Waals surface area contributed by atoms with Crippen LogP contribution in [0, 0.1) is 12.8 Å². The summed E-state index contributed by atoms with van der Waals surface area (Å²) in [6.45, 7) is 3.59. The second-order valence-corrected chi connectivity index (χ2v) is 5.38. The number of halogens is 1. The van der Waals surface area contributed by atoms with Gasteiger partial charge in [0.25, 0.3) is 5.91 Å². The van der Waals surface area contributed by atoms with Crippen molar-refractivity contribution in [1.29, 1.82) is 0 Å². The van der Waals surface area contributed by atoms with E-state index in [0.29, 0.717) is 11.8 Å². The topological polar surface area (TPSA) is 33.2 Å². The van der Waals surface area contributed by atoms with Gasteiger partial charge in [0, 0.05) is 19.0 Å². The number of carbonyl (C=O) groups is 1. The van der Waals surface area contributed by atoms with E-state index in [4.69, 9.17) is 11.6 Å². The molecule has 1 fully saturated rings. The third-order valence-electron chi connectivity index (χ3n) is 3.03. The summed E-state index contributed by atoms with van der Waals surface area (Å²) in [4.78, 5) is 19.0. The van der Waals surface area contributed by atoms with Gasteiger partial charge < -0.3 is 4.90 Å². The Kier molecular flexibility index (Phi) is 3.82. The van der Waals surface area contributed by atoms with Gasteiger partial charge in [-0.05, 0) is 25.7 Å². The number of rotatable bonds is 3. The molecule has 1 atom stereocenters. The Morgan fingerprint density at radius 1 is 1.75 bits per heavy atom. The van der Waals surface area contributed by atoms with Crippen LogP contribution in [0.3, 0.4) is 0 Å². The molecule has 3 nitrogen and oxygen atoms in total. The van der Waals surface area contributed by atoms with Crippen LogP contribution < -0.4 is 0 Å². The molecule has 0 saturated carbocycles. The molecule has 0 N–H and O–H groups in total.